The molecule has 94 valence electrons. The molecule has 1 N–H and O–H groups in total. The first-order valence-corrected chi connectivity index (χ1v) is 5.60. The summed E-state index contributed by atoms with van der Waals surface area (Å²) in [7, 11) is 1.67. The molecular weight excluding hydrogens is 224 g/mol. The van der Waals surface area contributed by atoms with Gasteiger partial charge >= 0.3 is 5.69 Å². The normalized spacial score (nSPS) is 25.0. The molecule has 1 fully saturated rings. The molecule has 1 aromatic rings. The molecule has 2 atom stereocenters. The van der Waals surface area contributed by atoms with Crippen molar-refractivity contribution in [1.29, 1.82) is 0 Å². The van der Waals surface area contributed by atoms with Gasteiger partial charge in [-0.3, -0.25) is 10.1 Å². The second kappa shape index (κ2) is 4.33. The number of hydrogen-bond donors (Lipinski definition) is 1. The summed E-state index contributed by atoms with van der Waals surface area (Å²) in [5, 5.41) is 24.6. The lowest BCUT2D eigenvalue weighted by Gasteiger charge is -2.34. The van der Waals surface area contributed by atoms with Gasteiger partial charge in [0.2, 0.25) is 5.82 Å². The zero-order valence-corrected chi connectivity index (χ0v) is 9.91. The quantitative estimate of drug-likeness (QED) is 0.602. The third-order valence-corrected chi connectivity index (χ3v) is 3.30. The Balaban J connectivity index is 2.28. The van der Waals surface area contributed by atoms with Crippen LogP contribution in [-0.4, -0.2) is 39.0 Å². The zero-order valence-electron chi connectivity index (χ0n) is 9.91. The molecule has 1 aliphatic rings. The second-order valence-corrected chi connectivity index (χ2v) is 4.51. The Bertz CT molecular complexity index is 431. The third kappa shape index (κ3) is 2.10. The number of aromatic nitrogens is 2. The maximum Gasteiger partial charge on any atom is 0.331 e. The van der Waals surface area contributed by atoms with Gasteiger partial charge in [0.15, 0.2) is 0 Å². The van der Waals surface area contributed by atoms with E-state index in [1.165, 1.54) is 10.9 Å². The number of aliphatic hydroxyl groups is 1. The number of nitrogens with zero attached hydrogens (tertiary/aromatic N) is 4. The lowest BCUT2D eigenvalue weighted by Crippen LogP contribution is -2.43. The Morgan fingerprint density at radius 1 is 1.65 bits per heavy atom. The van der Waals surface area contributed by atoms with Crippen LogP contribution in [0.25, 0.3) is 0 Å². The SMILES string of the molecule is CC1CCN(c2c([N+](=O)[O-])cnn2C)CC1O. The molecule has 0 spiro atoms. The third-order valence-electron chi connectivity index (χ3n) is 3.30. The Hall–Kier alpha value is -1.63. The molecule has 0 aromatic carbocycles. The van der Waals surface area contributed by atoms with Gasteiger partial charge in [-0.15, -0.1) is 0 Å². The van der Waals surface area contributed by atoms with E-state index in [2.05, 4.69) is 5.10 Å². The van der Waals surface area contributed by atoms with Gasteiger partial charge in [0.1, 0.15) is 6.20 Å². The summed E-state index contributed by atoms with van der Waals surface area (Å²) in [6, 6.07) is 0. The Morgan fingerprint density at radius 3 is 2.94 bits per heavy atom. The highest BCUT2D eigenvalue weighted by molar-refractivity contribution is 5.57. The Labute approximate surface area is 98.8 Å². The van der Waals surface area contributed by atoms with Gasteiger partial charge in [0.05, 0.1) is 11.0 Å². The number of nitro groups is 1. The van der Waals surface area contributed by atoms with Crippen molar-refractivity contribution >= 4 is 11.5 Å². The summed E-state index contributed by atoms with van der Waals surface area (Å²) in [4.78, 5) is 12.3. The molecule has 0 bridgehead atoms. The summed E-state index contributed by atoms with van der Waals surface area (Å²) in [5.41, 5.74) is -0.00532. The van der Waals surface area contributed by atoms with Crippen LogP contribution in [0.4, 0.5) is 11.5 Å². The van der Waals surface area contributed by atoms with E-state index < -0.39 is 11.0 Å². The van der Waals surface area contributed by atoms with E-state index in [-0.39, 0.29) is 11.6 Å². The number of β-amino-alcohol motifs (C(OH)–C–C–N with tert-alkyl or cyclic N) is 1. The molecule has 0 aliphatic carbocycles. The molecule has 1 aromatic heterocycles. The van der Waals surface area contributed by atoms with E-state index >= 15 is 0 Å². The largest absolute Gasteiger partial charge is 0.391 e. The van der Waals surface area contributed by atoms with E-state index in [1.807, 2.05) is 11.8 Å². The van der Waals surface area contributed by atoms with Gasteiger partial charge in [-0.25, -0.2) is 4.68 Å². The lowest BCUT2D eigenvalue weighted by molar-refractivity contribution is -0.384. The second-order valence-electron chi connectivity index (χ2n) is 4.51. The van der Waals surface area contributed by atoms with Crippen molar-refractivity contribution < 1.29 is 10.0 Å². The highest BCUT2D eigenvalue weighted by Gasteiger charge is 2.31. The van der Waals surface area contributed by atoms with Gasteiger partial charge in [-0.2, -0.15) is 5.10 Å². The van der Waals surface area contributed by atoms with E-state index in [4.69, 9.17) is 0 Å². The minimum Gasteiger partial charge on any atom is -0.391 e. The van der Waals surface area contributed by atoms with E-state index in [0.717, 1.165) is 6.42 Å². The predicted molar refractivity (Wildman–Crippen MR) is 61.9 cm³/mol. The van der Waals surface area contributed by atoms with Crippen LogP contribution < -0.4 is 4.90 Å². The summed E-state index contributed by atoms with van der Waals surface area (Å²) in [6.45, 7) is 3.11. The molecule has 0 saturated carbocycles. The number of anilines is 1. The molecule has 2 unspecified atom stereocenters. The molecule has 1 aliphatic heterocycles. The predicted octanol–water partition coefficient (Wildman–Crippen LogP) is 0.535. The first-order valence-electron chi connectivity index (χ1n) is 5.60. The molecule has 2 rings (SSSR count). The fraction of sp³-hybridized carbons (Fsp3) is 0.700. The molecule has 7 nitrogen and oxygen atoms in total. The fourth-order valence-electron chi connectivity index (χ4n) is 2.16. The minimum absolute atomic E-state index is 0.00532. The van der Waals surface area contributed by atoms with Crippen LogP contribution in [0.15, 0.2) is 6.20 Å². The number of piperidine rings is 1. The molecule has 0 amide bonds. The van der Waals surface area contributed by atoms with Crippen LogP contribution in [0.5, 0.6) is 0 Å². The first kappa shape index (κ1) is 11.8. The maximum atomic E-state index is 10.9. The highest BCUT2D eigenvalue weighted by Crippen LogP contribution is 2.30. The average Bonchev–Trinajstić information content (AvgIpc) is 2.64. The molecule has 1 saturated heterocycles. The molecule has 17 heavy (non-hydrogen) atoms. The van der Waals surface area contributed by atoms with Crippen LogP contribution >= 0.6 is 0 Å². The van der Waals surface area contributed by atoms with Gasteiger partial charge in [-0.1, -0.05) is 6.92 Å². The summed E-state index contributed by atoms with van der Waals surface area (Å²) >= 11 is 0. The standard InChI is InChI=1S/C10H16N4O3/c1-7-3-4-13(6-9(7)15)10-8(14(16)17)5-11-12(10)2/h5,7,9,15H,3-4,6H2,1-2H3. The highest BCUT2D eigenvalue weighted by atomic mass is 16.6. The van der Waals surface area contributed by atoms with Crippen molar-refractivity contribution in [3.63, 3.8) is 0 Å². The smallest absolute Gasteiger partial charge is 0.331 e. The first-order chi connectivity index (χ1) is 8.00. The fourth-order valence-corrected chi connectivity index (χ4v) is 2.16. The molecule has 0 radical (unpaired) electrons. The van der Waals surface area contributed by atoms with Crippen LogP contribution in [0, 0.1) is 16.0 Å². The number of rotatable bonds is 2. The number of aliphatic hydroxyl groups excluding tert-OH is 1. The van der Waals surface area contributed by atoms with Crippen molar-refractivity contribution in [2.75, 3.05) is 18.0 Å². The van der Waals surface area contributed by atoms with Gasteiger partial charge in [-0.05, 0) is 12.3 Å². The van der Waals surface area contributed by atoms with Crippen LogP contribution in [0.3, 0.4) is 0 Å². The van der Waals surface area contributed by atoms with Crippen LogP contribution in [0.1, 0.15) is 13.3 Å². The average molecular weight is 240 g/mol. The van der Waals surface area contributed by atoms with Crippen molar-refractivity contribution in [3.05, 3.63) is 16.3 Å². The lowest BCUT2D eigenvalue weighted by atomic mass is 9.96. The molecule has 2 heterocycles. The minimum atomic E-state index is -0.446. The Kier molecular flexibility index (Phi) is 3.01. The number of hydrogen-bond acceptors (Lipinski definition) is 5. The van der Waals surface area contributed by atoms with Crippen LogP contribution in [-0.2, 0) is 7.05 Å². The van der Waals surface area contributed by atoms with Crippen molar-refractivity contribution in [2.24, 2.45) is 13.0 Å². The zero-order chi connectivity index (χ0) is 12.6. The summed E-state index contributed by atoms with van der Waals surface area (Å²) < 4.78 is 1.49. The van der Waals surface area contributed by atoms with E-state index in [1.54, 1.807) is 7.05 Å². The van der Waals surface area contributed by atoms with Crippen molar-refractivity contribution in [2.45, 2.75) is 19.4 Å². The topological polar surface area (TPSA) is 84.4 Å². The molecule has 7 heteroatoms. The van der Waals surface area contributed by atoms with Gasteiger partial charge in [0.25, 0.3) is 0 Å². The monoisotopic (exact) mass is 240 g/mol. The summed E-state index contributed by atoms with van der Waals surface area (Å²) in [5.74, 6) is 0.708. The van der Waals surface area contributed by atoms with Gasteiger partial charge in [0, 0.05) is 20.1 Å². The van der Waals surface area contributed by atoms with Gasteiger partial charge < -0.3 is 10.0 Å². The van der Waals surface area contributed by atoms with Crippen molar-refractivity contribution in [1.82, 2.24) is 9.78 Å². The van der Waals surface area contributed by atoms with Crippen molar-refractivity contribution in [3.8, 4) is 0 Å². The Morgan fingerprint density at radius 2 is 2.35 bits per heavy atom. The van der Waals surface area contributed by atoms with Crippen LogP contribution in [0.2, 0.25) is 0 Å². The maximum absolute atomic E-state index is 10.9. The van der Waals surface area contributed by atoms with E-state index in [0.29, 0.717) is 18.9 Å². The molecular formula is C10H16N4O3. The summed E-state index contributed by atoms with van der Waals surface area (Å²) in [6.07, 6.45) is 1.63. The number of aryl methyl sites for hydroxylation is 1. The van der Waals surface area contributed by atoms with E-state index in [9.17, 15) is 15.2 Å².